The molecule has 1 aliphatic heterocycles. The van der Waals surface area contributed by atoms with Gasteiger partial charge >= 0.3 is 0 Å². The van der Waals surface area contributed by atoms with Crippen LogP contribution in [0.15, 0.2) is 6.33 Å². The molecule has 5 nitrogen and oxygen atoms in total. The summed E-state index contributed by atoms with van der Waals surface area (Å²) in [5, 5.41) is 0. The zero-order chi connectivity index (χ0) is 8.39. The summed E-state index contributed by atoms with van der Waals surface area (Å²) in [5.74, 6) is 0.913. The monoisotopic (exact) mass is 166 g/mol. The Morgan fingerprint density at radius 1 is 1.50 bits per heavy atom. The molecule has 1 aliphatic rings. The third-order valence-electron chi connectivity index (χ3n) is 1.83. The van der Waals surface area contributed by atoms with Crippen molar-refractivity contribution in [3.63, 3.8) is 0 Å². The summed E-state index contributed by atoms with van der Waals surface area (Å²) in [5.41, 5.74) is 5.41. The van der Waals surface area contributed by atoms with Crippen molar-refractivity contribution in [1.29, 1.82) is 0 Å². The second-order valence-electron chi connectivity index (χ2n) is 2.70. The van der Waals surface area contributed by atoms with Crippen molar-refractivity contribution in [3.05, 3.63) is 12.2 Å². The third kappa shape index (κ3) is 1.35. The van der Waals surface area contributed by atoms with Gasteiger partial charge in [-0.15, -0.1) is 0 Å². The van der Waals surface area contributed by atoms with E-state index in [9.17, 15) is 0 Å². The number of hydrogen-bond acceptors (Lipinski definition) is 5. The molecule has 1 atom stereocenters. The van der Waals surface area contributed by atoms with E-state index < -0.39 is 0 Å². The Labute approximate surface area is 70.0 Å². The molecule has 1 aromatic heterocycles. The van der Waals surface area contributed by atoms with E-state index in [-0.39, 0.29) is 12.1 Å². The van der Waals surface area contributed by atoms with Crippen LogP contribution in [0.3, 0.4) is 0 Å². The van der Waals surface area contributed by atoms with Gasteiger partial charge < -0.3 is 10.5 Å². The molecule has 1 unspecified atom stereocenters. The van der Waals surface area contributed by atoms with Crippen molar-refractivity contribution in [2.24, 2.45) is 0 Å². The molecular weight excluding hydrogens is 156 g/mol. The molecule has 0 radical (unpaired) electrons. The van der Waals surface area contributed by atoms with Gasteiger partial charge in [0.1, 0.15) is 12.4 Å². The average Bonchev–Trinajstić information content (AvgIpc) is 2.56. The van der Waals surface area contributed by atoms with Gasteiger partial charge in [-0.1, -0.05) is 0 Å². The van der Waals surface area contributed by atoms with Crippen LogP contribution in [0.25, 0.3) is 0 Å². The highest BCUT2D eigenvalue weighted by Gasteiger charge is 2.20. The molecule has 12 heavy (non-hydrogen) atoms. The molecule has 0 aromatic carbocycles. The normalized spacial score (nSPS) is 22.8. The molecule has 1 saturated heterocycles. The Morgan fingerprint density at radius 2 is 2.42 bits per heavy atom. The first-order valence-corrected chi connectivity index (χ1v) is 3.92. The molecular formula is C7H10N4O. The zero-order valence-corrected chi connectivity index (χ0v) is 6.60. The van der Waals surface area contributed by atoms with Crippen molar-refractivity contribution < 1.29 is 4.74 Å². The molecule has 64 valence electrons. The largest absolute Gasteiger partial charge is 0.370 e. The zero-order valence-electron chi connectivity index (χ0n) is 6.60. The predicted molar refractivity (Wildman–Crippen MR) is 42.2 cm³/mol. The number of hydrogen-bond donors (Lipinski definition) is 1. The molecule has 1 aromatic rings. The number of aromatic nitrogens is 3. The number of anilines is 1. The van der Waals surface area contributed by atoms with Crippen molar-refractivity contribution in [2.75, 3.05) is 12.3 Å². The Kier molecular flexibility index (Phi) is 1.87. The Morgan fingerprint density at radius 3 is 3.08 bits per heavy atom. The smallest absolute Gasteiger partial charge is 0.223 e. The fraction of sp³-hybridized carbons (Fsp3) is 0.571. The molecule has 2 rings (SSSR count). The van der Waals surface area contributed by atoms with Crippen LogP contribution >= 0.6 is 0 Å². The van der Waals surface area contributed by atoms with E-state index >= 15 is 0 Å². The number of rotatable bonds is 1. The first kappa shape index (κ1) is 7.42. The molecule has 0 bridgehead atoms. The minimum atomic E-state index is 0.0234. The van der Waals surface area contributed by atoms with Crippen LogP contribution in [0.5, 0.6) is 0 Å². The van der Waals surface area contributed by atoms with Crippen molar-refractivity contribution in [3.8, 4) is 0 Å². The van der Waals surface area contributed by atoms with Crippen molar-refractivity contribution >= 4 is 5.95 Å². The molecule has 0 amide bonds. The SMILES string of the molecule is Nc1ncnc(C2CCCO2)n1. The maximum absolute atomic E-state index is 5.41. The van der Waals surface area contributed by atoms with Crippen LogP contribution in [0, 0.1) is 0 Å². The second-order valence-corrected chi connectivity index (χ2v) is 2.70. The highest BCUT2D eigenvalue weighted by Crippen LogP contribution is 2.25. The van der Waals surface area contributed by atoms with Gasteiger partial charge in [-0.3, -0.25) is 0 Å². The maximum atomic E-state index is 5.41. The molecule has 1 fully saturated rings. The Balaban J connectivity index is 2.21. The van der Waals surface area contributed by atoms with Crippen LogP contribution in [0.1, 0.15) is 24.8 Å². The van der Waals surface area contributed by atoms with Crippen LogP contribution in [-0.4, -0.2) is 21.6 Å². The summed E-state index contributed by atoms with van der Waals surface area (Å²) >= 11 is 0. The fourth-order valence-electron chi connectivity index (χ4n) is 1.26. The van der Waals surface area contributed by atoms with E-state index in [1.807, 2.05) is 0 Å². The molecule has 0 aliphatic carbocycles. The lowest BCUT2D eigenvalue weighted by Crippen LogP contribution is -2.06. The van der Waals surface area contributed by atoms with Gasteiger partial charge in [-0.25, -0.2) is 9.97 Å². The summed E-state index contributed by atoms with van der Waals surface area (Å²) in [6.45, 7) is 0.788. The average molecular weight is 166 g/mol. The van der Waals surface area contributed by atoms with Gasteiger partial charge in [-0.2, -0.15) is 4.98 Å². The van der Waals surface area contributed by atoms with Crippen molar-refractivity contribution in [1.82, 2.24) is 15.0 Å². The summed E-state index contributed by atoms with van der Waals surface area (Å²) in [7, 11) is 0. The highest BCUT2D eigenvalue weighted by molar-refractivity contribution is 5.13. The molecule has 2 N–H and O–H groups in total. The minimum absolute atomic E-state index is 0.0234. The Bertz CT molecular complexity index is 272. The summed E-state index contributed by atoms with van der Waals surface area (Å²) in [6, 6.07) is 0. The standard InChI is InChI=1S/C7H10N4O/c8-7-10-4-9-6(11-7)5-2-1-3-12-5/h4-5H,1-3H2,(H2,8,9,10,11). The second kappa shape index (κ2) is 3.02. The number of nitrogen functional groups attached to an aromatic ring is 1. The quantitative estimate of drug-likeness (QED) is 0.649. The molecule has 2 heterocycles. The van der Waals surface area contributed by atoms with Gasteiger partial charge in [0.2, 0.25) is 5.95 Å². The molecule has 0 spiro atoms. The van der Waals surface area contributed by atoms with Gasteiger partial charge in [0.15, 0.2) is 5.82 Å². The van der Waals surface area contributed by atoms with Gasteiger partial charge in [-0.05, 0) is 12.8 Å². The third-order valence-corrected chi connectivity index (χ3v) is 1.83. The number of ether oxygens (including phenoxy) is 1. The van der Waals surface area contributed by atoms with Crippen LogP contribution in [-0.2, 0) is 4.74 Å². The molecule has 0 saturated carbocycles. The van der Waals surface area contributed by atoms with E-state index in [4.69, 9.17) is 10.5 Å². The number of nitrogens with zero attached hydrogens (tertiary/aromatic N) is 3. The lowest BCUT2D eigenvalue weighted by molar-refractivity contribution is 0.105. The summed E-state index contributed by atoms with van der Waals surface area (Å²) in [6.07, 6.45) is 3.48. The van der Waals surface area contributed by atoms with Crippen LogP contribution in [0.2, 0.25) is 0 Å². The first-order valence-electron chi connectivity index (χ1n) is 3.92. The minimum Gasteiger partial charge on any atom is -0.370 e. The Hall–Kier alpha value is -1.23. The van der Waals surface area contributed by atoms with E-state index in [2.05, 4.69) is 15.0 Å². The van der Waals surface area contributed by atoms with Crippen molar-refractivity contribution in [2.45, 2.75) is 18.9 Å². The van der Waals surface area contributed by atoms with E-state index in [0.717, 1.165) is 19.4 Å². The molecule has 5 heteroatoms. The van der Waals surface area contributed by atoms with E-state index in [1.54, 1.807) is 0 Å². The summed E-state index contributed by atoms with van der Waals surface area (Å²) < 4.78 is 5.39. The van der Waals surface area contributed by atoms with Gasteiger partial charge in [0, 0.05) is 6.61 Å². The first-order chi connectivity index (χ1) is 5.86. The lowest BCUT2D eigenvalue weighted by Gasteiger charge is -2.06. The topological polar surface area (TPSA) is 73.9 Å². The van der Waals surface area contributed by atoms with Gasteiger partial charge in [0.25, 0.3) is 0 Å². The van der Waals surface area contributed by atoms with Crippen LogP contribution in [0.4, 0.5) is 5.95 Å². The van der Waals surface area contributed by atoms with Crippen LogP contribution < -0.4 is 5.73 Å². The predicted octanol–water partition coefficient (Wildman–Crippen LogP) is 0.305. The highest BCUT2D eigenvalue weighted by atomic mass is 16.5. The lowest BCUT2D eigenvalue weighted by atomic mass is 10.2. The number of nitrogens with two attached hydrogens (primary N) is 1. The van der Waals surface area contributed by atoms with Gasteiger partial charge in [0.05, 0.1) is 0 Å². The fourth-order valence-corrected chi connectivity index (χ4v) is 1.26. The van der Waals surface area contributed by atoms with E-state index in [0.29, 0.717) is 5.82 Å². The maximum Gasteiger partial charge on any atom is 0.223 e. The van der Waals surface area contributed by atoms with E-state index in [1.165, 1.54) is 6.33 Å². The summed E-state index contributed by atoms with van der Waals surface area (Å²) in [4.78, 5) is 11.7.